The molecule has 1 aromatic carbocycles. The molecule has 1 unspecified atom stereocenters. The Hall–Kier alpha value is -1.88. The summed E-state index contributed by atoms with van der Waals surface area (Å²) in [5.41, 5.74) is 2.06. The third kappa shape index (κ3) is 3.42. The minimum atomic E-state index is -0.817. The fourth-order valence-electron chi connectivity index (χ4n) is 2.54. The lowest BCUT2D eigenvalue weighted by Gasteiger charge is -2.18. The van der Waals surface area contributed by atoms with Crippen molar-refractivity contribution >= 4 is 17.0 Å². The number of hydrogen-bond acceptors (Lipinski definition) is 3. The molecule has 0 spiro atoms. The van der Waals surface area contributed by atoms with Gasteiger partial charge < -0.3 is 9.67 Å². The van der Waals surface area contributed by atoms with Crippen LogP contribution in [-0.2, 0) is 17.9 Å². The van der Waals surface area contributed by atoms with Gasteiger partial charge in [-0.3, -0.25) is 10.1 Å². The average molecular weight is 289 g/mol. The molecule has 1 heterocycles. The first-order chi connectivity index (χ1) is 10.0. The maximum Gasteiger partial charge on any atom is 0.320 e. The van der Waals surface area contributed by atoms with Crippen molar-refractivity contribution in [1.29, 1.82) is 0 Å². The van der Waals surface area contributed by atoms with Crippen LogP contribution in [-0.4, -0.2) is 26.7 Å². The van der Waals surface area contributed by atoms with Gasteiger partial charge in [-0.25, -0.2) is 4.98 Å². The Morgan fingerprint density at radius 3 is 2.71 bits per heavy atom. The Kier molecular flexibility index (Phi) is 4.96. The Morgan fingerprint density at radius 2 is 2.10 bits per heavy atom. The van der Waals surface area contributed by atoms with E-state index in [9.17, 15) is 9.90 Å². The van der Waals surface area contributed by atoms with E-state index in [1.54, 1.807) is 0 Å². The van der Waals surface area contributed by atoms with Crippen LogP contribution in [0, 0.1) is 5.92 Å². The molecule has 0 saturated heterocycles. The van der Waals surface area contributed by atoms with Gasteiger partial charge in [0, 0.05) is 6.54 Å². The predicted molar refractivity (Wildman–Crippen MR) is 83.1 cm³/mol. The highest BCUT2D eigenvalue weighted by molar-refractivity contribution is 5.76. The number of aryl methyl sites for hydroxylation is 1. The Bertz CT molecular complexity index is 619. The maximum atomic E-state index is 11.3. The molecule has 0 fully saturated rings. The standard InChI is InChI=1S/C16H23N3O2/c1-4-9-19-13-8-6-5-7-12(13)18-14(19)10-17-15(11(2)3)16(20)21/h5-8,11,15,17H,4,9-10H2,1-3H3,(H,20,21). The van der Waals surface area contributed by atoms with E-state index in [1.807, 2.05) is 32.0 Å². The number of rotatable bonds is 7. The van der Waals surface area contributed by atoms with E-state index in [0.29, 0.717) is 6.54 Å². The zero-order valence-electron chi connectivity index (χ0n) is 12.8. The molecule has 2 rings (SSSR count). The highest BCUT2D eigenvalue weighted by Crippen LogP contribution is 2.17. The number of fused-ring (bicyclic) bond motifs is 1. The van der Waals surface area contributed by atoms with Gasteiger partial charge in [-0.1, -0.05) is 32.9 Å². The first kappa shape index (κ1) is 15.5. The average Bonchev–Trinajstić information content (AvgIpc) is 2.77. The van der Waals surface area contributed by atoms with Crippen molar-refractivity contribution in [2.45, 2.75) is 46.3 Å². The Labute approximate surface area is 125 Å². The van der Waals surface area contributed by atoms with Gasteiger partial charge >= 0.3 is 5.97 Å². The van der Waals surface area contributed by atoms with Crippen molar-refractivity contribution in [3.8, 4) is 0 Å². The zero-order chi connectivity index (χ0) is 15.4. The van der Waals surface area contributed by atoms with Crippen molar-refractivity contribution in [3.63, 3.8) is 0 Å². The molecule has 2 N–H and O–H groups in total. The molecule has 21 heavy (non-hydrogen) atoms. The summed E-state index contributed by atoms with van der Waals surface area (Å²) in [6, 6.07) is 7.46. The summed E-state index contributed by atoms with van der Waals surface area (Å²) in [5, 5.41) is 12.4. The maximum absolute atomic E-state index is 11.3. The smallest absolute Gasteiger partial charge is 0.320 e. The molecule has 0 aliphatic carbocycles. The minimum Gasteiger partial charge on any atom is -0.480 e. The van der Waals surface area contributed by atoms with Crippen LogP contribution < -0.4 is 5.32 Å². The number of imidazole rings is 1. The van der Waals surface area contributed by atoms with E-state index >= 15 is 0 Å². The van der Waals surface area contributed by atoms with Gasteiger partial charge in [0.15, 0.2) is 0 Å². The fourth-order valence-corrected chi connectivity index (χ4v) is 2.54. The molecule has 0 bridgehead atoms. The first-order valence-electron chi connectivity index (χ1n) is 7.45. The molecule has 2 aromatic rings. The topological polar surface area (TPSA) is 67.2 Å². The number of para-hydroxylation sites is 2. The zero-order valence-corrected chi connectivity index (χ0v) is 12.8. The summed E-state index contributed by atoms with van der Waals surface area (Å²) in [7, 11) is 0. The number of hydrogen-bond donors (Lipinski definition) is 2. The van der Waals surface area contributed by atoms with Crippen LogP contribution in [0.5, 0.6) is 0 Å². The molecule has 5 nitrogen and oxygen atoms in total. The summed E-state index contributed by atoms with van der Waals surface area (Å²) in [5.74, 6) is 0.111. The van der Waals surface area contributed by atoms with Crippen LogP contribution in [0.2, 0.25) is 0 Å². The number of carboxylic acids is 1. The summed E-state index contributed by atoms with van der Waals surface area (Å²) in [6.07, 6.45) is 1.01. The number of nitrogens with one attached hydrogen (secondary N) is 1. The van der Waals surface area contributed by atoms with E-state index < -0.39 is 12.0 Å². The van der Waals surface area contributed by atoms with E-state index in [-0.39, 0.29) is 5.92 Å². The molecule has 114 valence electrons. The molecule has 0 aliphatic rings. The van der Waals surface area contributed by atoms with Crippen LogP contribution in [0.4, 0.5) is 0 Å². The van der Waals surface area contributed by atoms with E-state index in [0.717, 1.165) is 29.8 Å². The molecule has 0 saturated carbocycles. The number of carbonyl (C=O) groups is 1. The fraction of sp³-hybridized carbons (Fsp3) is 0.500. The minimum absolute atomic E-state index is 0.0338. The van der Waals surface area contributed by atoms with Crippen molar-refractivity contribution in [3.05, 3.63) is 30.1 Å². The lowest BCUT2D eigenvalue weighted by molar-refractivity contribution is -0.140. The van der Waals surface area contributed by atoms with Crippen LogP contribution in [0.3, 0.4) is 0 Å². The molecule has 0 radical (unpaired) electrons. The van der Waals surface area contributed by atoms with Crippen molar-refractivity contribution in [2.24, 2.45) is 5.92 Å². The molecular weight excluding hydrogens is 266 g/mol. The van der Waals surface area contributed by atoms with Crippen molar-refractivity contribution < 1.29 is 9.90 Å². The SMILES string of the molecule is CCCn1c(CNC(C(=O)O)C(C)C)nc2ccccc21. The third-order valence-electron chi connectivity index (χ3n) is 3.59. The number of benzene rings is 1. The number of nitrogens with zero attached hydrogens (tertiary/aromatic N) is 2. The van der Waals surface area contributed by atoms with Gasteiger partial charge in [0.2, 0.25) is 0 Å². The summed E-state index contributed by atoms with van der Waals surface area (Å²) >= 11 is 0. The van der Waals surface area contributed by atoms with Gasteiger partial charge in [0.25, 0.3) is 0 Å². The van der Waals surface area contributed by atoms with Gasteiger partial charge in [-0.15, -0.1) is 0 Å². The summed E-state index contributed by atoms with van der Waals surface area (Å²) in [4.78, 5) is 15.9. The van der Waals surface area contributed by atoms with Gasteiger partial charge in [-0.2, -0.15) is 0 Å². The number of carboxylic acid groups (broad SMARTS) is 1. The highest BCUT2D eigenvalue weighted by atomic mass is 16.4. The van der Waals surface area contributed by atoms with Crippen LogP contribution in [0.15, 0.2) is 24.3 Å². The van der Waals surface area contributed by atoms with Gasteiger partial charge in [0.1, 0.15) is 11.9 Å². The second-order valence-electron chi connectivity index (χ2n) is 5.61. The lowest BCUT2D eigenvalue weighted by atomic mass is 10.1. The number of aromatic nitrogens is 2. The second kappa shape index (κ2) is 6.72. The van der Waals surface area contributed by atoms with E-state index in [2.05, 4.69) is 27.9 Å². The van der Waals surface area contributed by atoms with Crippen molar-refractivity contribution in [1.82, 2.24) is 14.9 Å². The summed E-state index contributed by atoms with van der Waals surface area (Å²) in [6.45, 7) is 7.28. The van der Waals surface area contributed by atoms with E-state index in [1.165, 1.54) is 0 Å². The Morgan fingerprint density at radius 1 is 1.38 bits per heavy atom. The second-order valence-corrected chi connectivity index (χ2v) is 5.61. The summed E-state index contributed by atoms with van der Waals surface area (Å²) < 4.78 is 2.17. The van der Waals surface area contributed by atoms with Crippen LogP contribution >= 0.6 is 0 Å². The lowest BCUT2D eigenvalue weighted by Crippen LogP contribution is -2.40. The first-order valence-corrected chi connectivity index (χ1v) is 7.45. The molecule has 1 aromatic heterocycles. The molecule has 5 heteroatoms. The molecule has 1 atom stereocenters. The van der Waals surface area contributed by atoms with E-state index in [4.69, 9.17) is 0 Å². The molecular formula is C16H23N3O2. The molecule has 0 aliphatic heterocycles. The largest absolute Gasteiger partial charge is 0.480 e. The predicted octanol–water partition coefficient (Wildman–Crippen LogP) is 2.65. The quantitative estimate of drug-likeness (QED) is 0.822. The highest BCUT2D eigenvalue weighted by Gasteiger charge is 2.21. The van der Waals surface area contributed by atoms with Crippen LogP contribution in [0.1, 0.15) is 33.0 Å². The van der Waals surface area contributed by atoms with Gasteiger partial charge in [0.05, 0.1) is 17.6 Å². The van der Waals surface area contributed by atoms with Crippen molar-refractivity contribution in [2.75, 3.05) is 0 Å². The monoisotopic (exact) mass is 289 g/mol. The van der Waals surface area contributed by atoms with Gasteiger partial charge in [-0.05, 0) is 24.5 Å². The van der Waals surface area contributed by atoms with Crippen LogP contribution in [0.25, 0.3) is 11.0 Å². The Balaban J connectivity index is 2.25. The normalized spacial score (nSPS) is 13.0. The third-order valence-corrected chi connectivity index (χ3v) is 3.59. The number of aliphatic carboxylic acids is 1. The molecule has 0 amide bonds.